The van der Waals surface area contributed by atoms with Crippen LogP contribution in [0, 0.1) is 0 Å². The highest BCUT2D eigenvalue weighted by Crippen LogP contribution is 2.17. The number of nitrogens with zero attached hydrogens (tertiary/aromatic N) is 3. The van der Waals surface area contributed by atoms with Gasteiger partial charge in [-0.2, -0.15) is 5.10 Å². The van der Waals surface area contributed by atoms with Crippen LogP contribution >= 0.6 is 11.3 Å². The number of carbonyl (C=O) groups excluding carboxylic acids is 1. The molecule has 2 heterocycles. The van der Waals surface area contributed by atoms with Crippen LogP contribution in [-0.2, 0) is 12.8 Å². The minimum absolute atomic E-state index is 0.0377. The molecule has 0 fully saturated rings. The molecule has 0 atom stereocenters. The lowest BCUT2D eigenvalue weighted by Crippen LogP contribution is -2.26. The Balaban J connectivity index is 1.68. The highest BCUT2D eigenvalue weighted by atomic mass is 32.1. The van der Waals surface area contributed by atoms with Crippen molar-refractivity contribution in [3.05, 3.63) is 63.9 Å². The second kappa shape index (κ2) is 8.59. The maximum atomic E-state index is 12.6. The monoisotopic (exact) mass is 384 g/mol. The van der Waals surface area contributed by atoms with Crippen molar-refractivity contribution >= 4 is 23.2 Å². The summed E-state index contributed by atoms with van der Waals surface area (Å²) in [6.07, 6.45) is 3.72. The van der Waals surface area contributed by atoms with E-state index in [9.17, 15) is 9.59 Å². The Hall–Kier alpha value is -3.00. The van der Waals surface area contributed by atoms with Gasteiger partial charge in [0.25, 0.3) is 5.91 Å². The van der Waals surface area contributed by atoms with E-state index in [-0.39, 0.29) is 11.6 Å². The highest BCUT2D eigenvalue weighted by molar-refractivity contribution is 7.09. The molecule has 0 saturated carbocycles. The highest BCUT2D eigenvalue weighted by Gasteiger charge is 2.18. The molecule has 0 aliphatic rings. The van der Waals surface area contributed by atoms with Gasteiger partial charge in [-0.1, -0.05) is 31.5 Å². The van der Waals surface area contributed by atoms with E-state index in [0.717, 1.165) is 24.2 Å². The quantitative estimate of drug-likeness (QED) is 0.622. The van der Waals surface area contributed by atoms with Crippen molar-refractivity contribution in [3.63, 3.8) is 0 Å². The molecule has 27 heavy (non-hydrogen) atoms. The van der Waals surface area contributed by atoms with Crippen molar-refractivity contribution in [2.75, 3.05) is 6.54 Å². The molecule has 3 rings (SSSR count). The molecule has 0 aliphatic carbocycles. The summed E-state index contributed by atoms with van der Waals surface area (Å²) in [5, 5.41) is 18.4. The van der Waals surface area contributed by atoms with Gasteiger partial charge in [-0.3, -0.25) is 4.79 Å². The van der Waals surface area contributed by atoms with Crippen LogP contribution in [0.2, 0.25) is 0 Å². The van der Waals surface area contributed by atoms with E-state index in [0.29, 0.717) is 23.5 Å². The first-order valence-corrected chi connectivity index (χ1v) is 9.56. The maximum absolute atomic E-state index is 12.6. The summed E-state index contributed by atoms with van der Waals surface area (Å²) in [5.74, 6) is -1.23. The van der Waals surface area contributed by atoms with Crippen LogP contribution < -0.4 is 5.32 Å². The van der Waals surface area contributed by atoms with Crippen LogP contribution in [0.5, 0.6) is 0 Å². The van der Waals surface area contributed by atoms with Gasteiger partial charge >= 0.3 is 5.97 Å². The molecule has 8 heteroatoms. The van der Waals surface area contributed by atoms with E-state index < -0.39 is 5.97 Å². The standard InChI is InChI=1S/C19H20N4O3S/c1-2-6-16-14(11-21-23(16)13-7-4-3-5-8-13)18(24)20-10-9-17-22-15(12-27-17)19(25)26/h3-5,7-8,11-12H,2,6,9-10H2,1H3,(H,20,24)(H,25,26). The normalized spacial score (nSPS) is 10.7. The van der Waals surface area contributed by atoms with Gasteiger partial charge in [0, 0.05) is 18.3 Å². The zero-order chi connectivity index (χ0) is 19.2. The van der Waals surface area contributed by atoms with Crippen LogP contribution in [-0.4, -0.2) is 38.3 Å². The second-order valence-corrected chi connectivity index (χ2v) is 6.88. The van der Waals surface area contributed by atoms with E-state index in [4.69, 9.17) is 5.11 Å². The number of carboxylic acid groups (broad SMARTS) is 1. The average molecular weight is 384 g/mol. The number of aromatic nitrogens is 3. The van der Waals surface area contributed by atoms with Gasteiger partial charge in [0.1, 0.15) is 0 Å². The first-order valence-electron chi connectivity index (χ1n) is 8.68. The van der Waals surface area contributed by atoms with Crippen molar-refractivity contribution in [1.82, 2.24) is 20.1 Å². The molecule has 1 amide bonds. The number of carbonyl (C=O) groups is 2. The number of hydrogen-bond acceptors (Lipinski definition) is 5. The Morgan fingerprint density at radius 3 is 2.67 bits per heavy atom. The Morgan fingerprint density at radius 1 is 1.22 bits per heavy atom. The summed E-state index contributed by atoms with van der Waals surface area (Å²) in [6.45, 7) is 2.44. The molecular weight excluding hydrogens is 364 g/mol. The van der Waals surface area contributed by atoms with E-state index in [1.54, 1.807) is 10.9 Å². The molecule has 0 saturated heterocycles. The van der Waals surface area contributed by atoms with Crippen LogP contribution in [0.15, 0.2) is 41.9 Å². The molecule has 2 aromatic heterocycles. The molecule has 0 bridgehead atoms. The number of amides is 1. The third-order valence-electron chi connectivity index (χ3n) is 4.00. The van der Waals surface area contributed by atoms with Gasteiger partial charge in [-0.15, -0.1) is 11.3 Å². The Morgan fingerprint density at radius 2 is 2.00 bits per heavy atom. The molecule has 0 aliphatic heterocycles. The topological polar surface area (TPSA) is 97.1 Å². The van der Waals surface area contributed by atoms with Gasteiger partial charge in [-0.05, 0) is 18.6 Å². The van der Waals surface area contributed by atoms with Crippen LogP contribution in [0.3, 0.4) is 0 Å². The summed E-state index contributed by atoms with van der Waals surface area (Å²) in [5.41, 5.74) is 2.40. The molecule has 140 valence electrons. The lowest BCUT2D eigenvalue weighted by Gasteiger charge is -2.09. The molecule has 7 nitrogen and oxygen atoms in total. The van der Waals surface area contributed by atoms with E-state index in [2.05, 4.69) is 22.3 Å². The number of para-hydroxylation sites is 1. The molecular formula is C19H20N4O3S. The van der Waals surface area contributed by atoms with Crippen LogP contribution in [0.4, 0.5) is 0 Å². The molecule has 0 radical (unpaired) electrons. The number of thiazole rings is 1. The Kier molecular flexibility index (Phi) is 5.97. The molecule has 1 aromatic carbocycles. The van der Waals surface area contributed by atoms with Crippen LogP contribution in [0.1, 0.15) is 44.9 Å². The molecule has 2 N–H and O–H groups in total. The zero-order valence-corrected chi connectivity index (χ0v) is 15.7. The van der Waals surface area contributed by atoms with Crippen molar-refractivity contribution < 1.29 is 14.7 Å². The summed E-state index contributed by atoms with van der Waals surface area (Å²) < 4.78 is 1.80. The summed E-state index contributed by atoms with van der Waals surface area (Å²) in [6, 6.07) is 9.72. The Bertz CT molecular complexity index is 934. The number of carboxylic acids is 1. The average Bonchev–Trinajstić information content (AvgIpc) is 3.30. The smallest absolute Gasteiger partial charge is 0.355 e. The molecule has 3 aromatic rings. The number of aromatic carboxylic acids is 1. The van der Waals surface area contributed by atoms with Gasteiger partial charge in [-0.25, -0.2) is 14.5 Å². The van der Waals surface area contributed by atoms with Crippen molar-refractivity contribution in [2.24, 2.45) is 0 Å². The molecule has 0 unspecified atom stereocenters. The van der Waals surface area contributed by atoms with Crippen LogP contribution in [0.25, 0.3) is 5.69 Å². The second-order valence-electron chi connectivity index (χ2n) is 5.94. The zero-order valence-electron chi connectivity index (χ0n) is 14.9. The van der Waals surface area contributed by atoms with E-state index >= 15 is 0 Å². The number of nitrogens with one attached hydrogen (secondary N) is 1. The van der Waals surface area contributed by atoms with Crippen molar-refractivity contribution in [2.45, 2.75) is 26.2 Å². The summed E-state index contributed by atoms with van der Waals surface area (Å²) >= 11 is 1.28. The fourth-order valence-electron chi connectivity index (χ4n) is 2.73. The first kappa shape index (κ1) is 18.8. The van der Waals surface area contributed by atoms with Gasteiger partial charge in [0.15, 0.2) is 5.69 Å². The minimum Gasteiger partial charge on any atom is -0.476 e. The maximum Gasteiger partial charge on any atom is 0.355 e. The predicted molar refractivity (Wildman–Crippen MR) is 103 cm³/mol. The third-order valence-corrected chi connectivity index (χ3v) is 4.90. The SMILES string of the molecule is CCCc1c(C(=O)NCCc2nc(C(=O)O)cs2)cnn1-c1ccccc1. The summed E-state index contributed by atoms with van der Waals surface area (Å²) in [4.78, 5) is 27.5. The van der Waals surface area contributed by atoms with Crippen molar-refractivity contribution in [1.29, 1.82) is 0 Å². The van der Waals surface area contributed by atoms with Gasteiger partial charge in [0.05, 0.1) is 28.1 Å². The fourth-order valence-corrected chi connectivity index (χ4v) is 3.51. The predicted octanol–water partition coefficient (Wildman–Crippen LogP) is 2.95. The minimum atomic E-state index is -1.04. The summed E-state index contributed by atoms with van der Waals surface area (Å²) in [7, 11) is 0. The number of benzene rings is 1. The molecule has 0 spiro atoms. The largest absolute Gasteiger partial charge is 0.476 e. The van der Waals surface area contributed by atoms with Crippen molar-refractivity contribution in [3.8, 4) is 5.69 Å². The lowest BCUT2D eigenvalue weighted by molar-refractivity contribution is 0.0690. The Labute approximate surface area is 160 Å². The fraction of sp³-hybridized carbons (Fsp3) is 0.263. The van der Waals surface area contributed by atoms with Gasteiger partial charge < -0.3 is 10.4 Å². The van der Waals surface area contributed by atoms with Gasteiger partial charge in [0.2, 0.25) is 0 Å². The lowest BCUT2D eigenvalue weighted by atomic mass is 10.1. The van der Waals surface area contributed by atoms with E-state index in [1.807, 2.05) is 30.3 Å². The first-order chi connectivity index (χ1) is 13.1. The number of rotatable bonds is 8. The number of hydrogen-bond donors (Lipinski definition) is 2. The van der Waals surface area contributed by atoms with E-state index in [1.165, 1.54) is 16.7 Å². The third kappa shape index (κ3) is 4.40.